The molecule has 0 aliphatic heterocycles. The third kappa shape index (κ3) is 7.61. The molecule has 3 aromatic carbocycles. The Bertz CT molecular complexity index is 1320. The zero-order chi connectivity index (χ0) is 26.1. The van der Waals surface area contributed by atoms with E-state index in [0.29, 0.717) is 32.7 Å². The van der Waals surface area contributed by atoms with Crippen molar-refractivity contribution in [3.05, 3.63) is 81.3 Å². The molecule has 0 unspecified atom stereocenters. The van der Waals surface area contributed by atoms with Crippen LogP contribution in [-0.4, -0.2) is 37.7 Å². The number of ether oxygens (including phenoxy) is 2. The summed E-state index contributed by atoms with van der Waals surface area (Å²) in [7, 11) is 1.48. The van der Waals surface area contributed by atoms with E-state index in [1.54, 1.807) is 48.5 Å². The van der Waals surface area contributed by atoms with Crippen molar-refractivity contribution >= 4 is 70.1 Å². The molecule has 0 saturated heterocycles. The number of benzene rings is 3. The van der Waals surface area contributed by atoms with Crippen LogP contribution in [0.3, 0.4) is 0 Å². The first kappa shape index (κ1) is 26.8. The predicted octanol–water partition coefficient (Wildman–Crippen LogP) is 4.76. The summed E-state index contributed by atoms with van der Waals surface area (Å²) in [6.45, 7) is -0.360. The maximum atomic E-state index is 12.3. The molecule has 3 aromatic rings. The van der Waals surface area contributed by atoms with Crippen LogP contribution >= 0.6 is 34.8 Å². The first-order chi connectivity index (χ1) is 17.3. The molecule has 0 aromatic heterocycles. The van der Waals surface area contributed by atoms with Gasteiger partial charge in [-0.25, -0.2) is 5.43 Å². The third-order valence-corrected chi connectivity index (χ3v) is 5.51. The van der Waals surface area contributed by atoms with Gasteiger partial charge in [-0.3, -0.25) is 14.4 Å². The summed E-state index contributed by atoms with van der Waals surface area (Å²) in [5.74, 6) is -1.65. The fourth-order valence-corrected chi connectivity index (χ4v) is 3.31. The van der Waals surface area contributed by atoms with Crippen LogP contribution in [0.4, 0.5) is 11.4 Å². The lowest BCUT2D eigenvalue weighted by Crippen LogP contribution is -2.32. The molecular formula is C24H19Cl3N4O5. The largest absolute Gasteiger partial charge is 0.497 e. The number of carbonyl (C=O) groups excluding carboxylic acids is 3. The number of hydrogen-bond donors (Lipinski definition) is 3. The van der Waals surface area contributed by atoms with Crippen LogP contribution < -0.4 is 25.5 Å². The van der Waals surface area contributed by atoms with E-state index in [0.717, 1.165) is 0 Å². The molecule has 0 spiro atoms. The van der Waals surface area contributed by atoms with Crippen molar-refractivity contribution in [2.75, 3.05) is 24.4 Å². The molecule has 3 rings (SSSR count). The van der Waals surface area contributed by atoms with E-state index in [9.17, 15) is 14.4 Å². The number of hydrazone groups is 1. The lowest BCUT2D eigenvalue weighted by molar-refractivity contribution is -0.136. The van der Waals surface area contributed by atoms with E-state index in [2.05, 4.69) is 21.2 Å². The molecule has 0 bridgehead atoms. The first-order valence-electron chi connectivity index (χ1n) is 10.2. The highest BCUT2D eigenvalue weighted by Crippen LogP contribution is 2.29. The van der Waals surface area contributed by atoms with Gasteiger partial charge < -0.3 is 20.1 Å². The van der Waals surface area contributed by atoms with Gasteiger partial charge in [0.1, 0.15) is 11.5 Å². The molecule has 0 aliphatic carbocycles. The van der Waals surface area contributed by atoms with Crippen LogP contribution in [0.1, 0.15) is 5.56 Å². The van der Waals surface area contributed by atoms with Crippen molar-refractivity contribution in [2.45, 2.75) is 0 Å². The number of rotatable bonds is 8. The second-order valence-electron chi connectivity index (χ2n) is 7.01. The average Bonchev–Trinajstić information content (AvgIpc) is 2.86. The van der Waals surface area contributed by atoms with Gasteiger partial charge in [0.15, 0.2) is 6.61 Å². The quantitative estimate of drug-likeness (QED) is 0.213. The van der Waals surface area contributed by atoms with E-state index in [1.165, 1.54) is 25.5 Å². The number of nitrogens with one attached hydrogen (secondary N) is 3. The monoisotopic (exact) mass is 548 g/mol. The van der Waals surface area contributed by atoms with Crippen LogP contribution in [0.2, 0.25) is 15.1 Å². The van der Waals surface area contributed by atoms with Gasteiger partial charge in [-0.15, -0.1) is 0 Å². The zero-order valence-electron chi connectivity index (χ0n) is 18.7. The zero-order valence-corrected chi connectivity index (χ0v) is 20.9. The van der Waals surface area contributed by atoms with Crippen molar-refractivity contribution in [1.82, 2.24) is 5.43 Å². The molecule has 0 saturated carbocycles. The lowest BCUT2D eigenvalue weighted by atomic mass is 10.2. The fraction of sp³-hybridized carbons (Fsp3) is 0.0833. The maximum Gasteiger partial charge on any atom is 0.329 e. The van der Waals surface area contributed by atoms with E-state index in [4.69, 9.17) is 44.3 Å². The highest BCUT2D eigenvalue weighted by Gasteiger charge is 2.14. The van der Waals surface area contributed by atoms with E-state index < -0.39 is 17.7 Å². The summed E-state index contributed by atoms with van der Waals surface area (Å²) >= 11 is 18.1. The minimum absolute atomic E-state index is 0.206. The normalized spacial score (nSPS) is 10.6. The van der Waals surface area contributed by atoms with Crippen LogP contribution in [0.5, 0.6) is 11.5 Å². The van der Waals surface area contributed by atoms with E-state index in [-0.39, 0.29) is 17.4 Å². The van der Waals surface area contributed by atoms with Gasteiger partial charge in [0.05, 0.1) is 29.1 Å². The van der Waals surface area contributed by atoms with Gasteiger partial charge in [-0.1, -0.05) is 46.9 Å². The molecule has 0 aliphatic rings. The number of amides is 3. The van der Waals surface area contributed by atoms with Crippen molar-refractivity contribution in [1.29, 1.82) is 0 Å². The van der Waals surface area contributed by atoms with E-state index >= 15 is 0 Å². The average molecular weight is 550 g/mol. The molecule has 0 fully saturated rings. The molecule has 0 heterocycles. The molecular weight excluding hydrogens is 531 g/mol. The minimum Gasteiger partial charge on any atom is -0.497 e. The Balaban J connectivity index is 1.59. The van der Waals surface area contributed by atoms with E-state index in [1.807, 2.05) is 0 Å². The lowest BCUT2D eigenvalue weighted by Gasteiger charge is -2.11. The summed E-state index contributed by atoms with van der Waals surface area (Å²) in [6, 6.07) is 15.9. The highest BCUT2D eigenvalue weighted by atomic mass is 35.5. The Kier molecular flexibility index (Phi) is 9.52. The second-order valence-corrected chi connectivity index (χ2v) is 8.23. The second kappa shape index (κ2) is 12.8. The third-order valence-electron chi connectivity index (χ3n) is 4.46. The first-order valence-corrected chi connectivity index (χ1v) is 11.3. The predicted molar refractivity (Wildman–Crippen MR) is 139 cm³/mol. The Morgan fingerprint density at radius 1 is 0.944 bits per heavy atom. The summed E-state index contributed by atoms with van der Waals surface area (Å²) in [6.07, 6.45) is 1.23. The van der Waals surface area contributed by atoms with Crippen LogP contribution in [-0.2, 0) is 14.4 Å². The van der Waals surface area contributed by atoms with Gasteiger partial charge in [0.25, 0.3) is 5.91 Å². The molecule has 186 valence electrons. The summed E-state index contributed by atoms with van der Waals surface area (Å²) in [4.78, 5) is 36.5. The highest BCUT2D eigenvalue weighted by molar-refractivity contribution is 6.44. The van der Waals surface area contributed by atoms with Crippen molar-refractivity contribution in [2.24, 2.45) is 5.10 Å². The van der Waals surface area contributed by atoms with Crippen molar-refractivity contribution < 1.29 is 23.9 Å². The van der Waals surface area contributed by atoms with Crippen molar-refractivity contribution in [3.63, 3.8) is 0 Å². The number of methoxy groups -OCH3 is 1. The van der Waals surface area contributed by atoms with Gasteiger partial charge in [-0.2, -0.15) is 5.10 Å². The Labute approximate surface area is 221 Å². The SMILES string of the molecule is COc1cccc(NC(=O)C(=O)N/N=C\c2cc(Cl)ccc2OCC(=O)Nc2cccc(Cl)c2Cl)c1. The number of halogens is 3. The molecule has 3 N–H and O–H groups in total. The molecule has 36 heavy (non-hydrogen) atoms. The number of nitrogens with zero attached hydrogens (tertiary/aromatic N) is 1. The summed E-state index contributed by atoms with van der Waals surface area (Å²) < 4.78 is 10.6. The van der Waals surface area contributed by atoms with Crippen molar-refractivity contribution in [3.8, 4) is 11.5 Å². The smallest absolute Gasteiger partial charge is 0.329 e. The molecule has 3 amide bonds. The maximum absolute atomic E-state index is 12.3. The molecule has 0 atom stereocenters. The standard InChI is InChI=1S/C24H19Cl3N4O5/c1-35-17-5-2-4-16(11-17)29-23(33)24(34)31-28-12-14-10-15(25)8-9-20(14)36-13-21(32)30-19-7-3-6-18(26)22(19)27/h2-12H,13H2,1H3,(H,29,33)(H,30,32)(H,31,34)/b28-12-. The number of carbonyl (C=O) groups is 3. The molecule has 9 nitrogen and oxygen atoms in total. The molecule has 12 heteroatoms. The minimum atomic E-state index is -1.00. The van der Waals surface area contributed by atoms with Gasteiger partial charge in [0.2, 0.25) is 0 Å². The van der Waals surface area contributed by atoms with Gasteiger partial charge in [0, 0.05) is 22.3 Å². The molecule has 0 radical (unpaired) electrons. The Morgan fingerprint density at radius 2 is 1.72 bits per heavy atom. The summed E-state index contributed by atoms with van der Waals surface area (Å²) in [5.41, 5.74) is 3.18. The topological polar surface area (TPSA) is 118 Å². The summed E-state index contributed by atoms with van der Waals surface area (Å²) in [5, 5.41) is 9.67. The Morgan fingerprint density at radius 3 is 2.50 bits per heavy atom. The van der Waals surface area contributed by atoms with Crippen LogP contribution in [0, 0.1) is 0 Å². The van der Waals surface area contributed by atoms with Crippen LogP contribution in [0.25, 0.3) is 0 Å². The van der Waals surface area contributed by atoms with Gasteiger partial charge in [-0.05, 0) is 42.5 Å². The van der Waals surface area contributed by atoms with Gasteiger partial charge >= 0.3 is 11.8 Å². The fourth-order valence-electron chi connectivity index (χ4n) is 2.78. The number of anilines is 2. The Hall–Kier alpha value is -3.79. The van der Waals surface area contributed by atoms with Crippen LogP contribution in [0.15, 0.2) is 65.8 Å². The number of hydrogen-bond acceptors (Lipinski definition) is 6.